The number of aryl methyl sites for hydroxylation is 1. The highest BCUT2D eigenvalue weighted by Gasteiger charge is 2.07. The minimum atomic E-state index is 0.658. The number of nitrogens with zero attached hydrogens (tertiary/aromatic N) is 1. The molecule has 0 bridgehead atoms. The van der Waals surface area contributed by atoms with Crippen LogP contribution >= 0.6 is 15.9 Å². The topological polar surface area (TPSA) is 22.1 Å². The Balaban J connectivity index is 2.01. The van der Waals surface area contributed by atoms with Gasteiger partial charge in [-0.05, 0) is 30.0 Å². The van der Waals surface area contributed by atoms with Gasteiger partial charge in [0.15, 0.2) is 0 Å². The third-order valence-corrected chi connectivity index (χ3v) is 3.84. The number of halogens is 1. The van der Waals surface area contributed by atoms with Crippen LogP contribution in [0.25, 0.3) is 10.8 Å². The Morgan fingerprint density at radius 3 is 2.70 bits per heavy atom. The first-order valence-electron chi connectivity index (χ1n) is 6.45. The van der Waals surface area contributed by atoms with Gasteiger partial charge in [0, 0.05) is 22.5 Å². The van der Waals surface area contributed by atoms with Gasteiger partial charge >= 0.3 is 0 Å². The molecule has 0 saturated heterocycles. The molecule has 0 radical (unpaired) electrons. The van der Waals surface area contributed by atoms with Gasteiger partial charge in [-0.3, -0.25) is 0 Å². The summed E-state index contributed by atoms with van der Waals surface area (Å²) in [6, 6.07) is 16.3. The van der Waals surface area contributed by atoms with Gasteiger partial charge in [0.1, 0.15) is 5.75 Å². The van der Waals surface area contributed by atoms with Gasteiger partial charge in [0.25, 0.3) is 0 Å². The van der Waals surface area contributed by atoms with Crippen LogP contribution in [0.4, 0.5) is 0 Å². The highest BCUT2D eigenvalue weighted by atomic mass is 79.9. The second kappa shape index (κ2) is 5.63. The largest absolute Gasteiger partial charge is 0.438 e. The van der Waals surface area contributed by atoms with Crippen molar-refractivity contribution in [1.82, 2.24) is 4.98 Å². The van der Waals surface area contributed by atoms with E-state index in [1.54, 1.807) is 0 Å². The third-order valence-electron chi connectivity index (χ3n) is 3.20. The second-order valence-corrected chi connectivity index (χ2v) is 5.24. The fourth-order valence-corrected chi connectivity index (χ4v) is 2.50. The Hall–Kier alpha value is -1.87. The van der Waals surface area contributed by atoms with Crippen molar-refractivity contribution in [2.75, 3.05) is 0 Å². The van der Waals surface area contributed by atoms with Crippen LogP contribution in [-0.2, 0) is 5.33 Å². The number of pyridine rings is 1. The van der Waals surface area contributed by atoms with Gasteiger partial charge in [0.05, 0.1) is 0 Å². The summed E-state index contributed by atoms with van der Waals surface area (Å²) >= 11 is 3.43. The molecule has 0 aliphatic carbocycles. The SMILES string of the molecule is Cc1cc(CBr)cnc1Oc1cccc2ccccc12. The Kier molecular flexibility index (Phi) is 3.70. The summed E-state index contributed by atoms with van der Waals surface area (Å²) in [4.78, 5) is 4.40. The molecule has 100 valence electrons. The first-order chi connectivity index (χ1) is 9.78. The van der Waals surface area contributed by atoms with Crippen molar-refractivity contribution in [2.24, 2.45) is 0 Å². The van der Waals surface area contributed by atoms with Crippen LogP contribution in [0.3, 0.4) is 0 Å². The normalized spacial score (nSPS) is 10.7. The predicted octanol–water partition coefficient (Wildman–Crippen LogP) is 5.23. The molecule has 0 aliphatic rings. The molecular formula is C17H14BrNO. The van der Waals surface area contributed by atoms with Gasteiger partial charge in [0.2, 0.25) is 5.88 Å². The molecule has 0 aliphatic heterocycles. The molecule has 3 rings (SSSR count). The van der Waals surface area contributed by atoms with E-state index in [0.717, 1.165) is 27.6 Å². The monoisotopic (exact) mass is 327 g/mol. The van der Waals surface area contributed by atoms with Gasteiger partial charge in [-0.2, -0.15) is 0 Å². The van der Waals surface area contributed by atoms with Crippen LogP contribution in [0, 0.1) is 6.92 Å². The number of hydrogen-bond acceptors (Lipinski definition) is 2. The number of alkyl halides is 1. The average molecular weight is 328 g/mol. The maximum Gasteiger partial charge on any atom is 0.222 e. The van der Waals surface area contributed by atoms with Crippen molar-refractivity contribution >= 4 is 26.7 Å². The fourth-order valence-electron chi connectivity index (χ4n) is 2.19. The molecule has 0 atom stereocenters. The quantitative estimate of drug-likeness (QED) is 0.614. The number of fused-ring (bicyclic) bond motifs is 1. The average Bonchev–Trinajstić information content (AvgIpc) is 2.49. The number of ether oxygens (including phenoxy) is 1. The molecule has 2 nitrogen and oxygen atoms in total. The van der Waals surface area contributed by atoms with E-state index in [2.05, 4.69) is 45.2 Å². The van der Waals surface area contributed by atoms with Crippen molar-refractivity contribution in [3.63, 3.8) is 0 Å². The van der Waals surface area contributed by atoms with E-state index in [4.69, 9.17) is 4.74 Å². The third kappa shape index (κ3) is 2.54. The van der Waals surface area contributed by atoms with Crippen LogP contribution in [0.15, 0.2) is 54.7 Å². The van der Waals surface area contributed by atoms with Crippen LogP contribution in [0.5, 0.6) is 11.6 Å². The number of benzene rings is 2. The molecule has 1 aromatic heterocycles. The minimum absolute atomic E-state index is 0.658. The van der Waals surface area contributed by atoms with Crippen molar-refractivity contribution in [3.8, 4) is 11.6 Å². The van der Waals surface area contributed by atoms with E-state index < -0.39 is 0 Å². The Bertz CT molecular complexity index is 750. The van der Waals surface area contributed by atoms with E-state index >= 15 is 0 Å². The Labute approximate surface area is 126 Å². The lowest BCUT2D eigenvalue weighted by atomic mass is 10.1. The molecule has 3 heteroatoms. The zero-order valence-electron chi connectivity index (χ0n) is 11.1. The molecule has 20 heavy (non-hydrogen) atoms. The summed E-state index contributed by atoms with van der Waals surface area (Å²) in [5, 5.41) is 3.07. The fraction of sp³-hybridized carbons (Fsp3) is 0.118. The van der Waals surface area contributed by atoms with E-state index in [1.807, 2.05) is 37.4 Å². The summed E-state index contributed by atoms with van der Waals surface area (Å²) in [5.41, 5.74) is 2.18. The summed E-state index contributed by atoms with van der Waals surface area (Å²) in [6.45, 7) is 2.01. The first kappa shape index (κ1) is 13.1. The van der Waals surface area contributed by atoms with Gasteiger partial charge < -0.3 is 4.74 Å². The Morgan fingerprint density at radius 1 is 1.10 bits per heavy atom. The first-order valence-corrected chi connectivity index (χ1v) is 7.57. The summed E-state index contributed by atoms with van der Waals surface area (Å²) in [5.74, 6) is 1.50. The van der Waals surface area contributed by atoms with Crippen molar-refractivity contribution in [2.45, 2.75) is 12.3 Å². The zero-order chi connectivity index (χ0) is 13.9. The minimum Gasteiger partial charge on any atom is -0.438 e. The van der Waals surface area contributed by atoms with E-state index in [9.17, 15) is 0 Å². The van der Waals surface area contributed by atoms with E-state index in [-0.39, 0.29) is 0 Å². The maximum absolute atomic E-state index is 6.00. The highest BCUT2D eigenvalue weighted by molar-refractivity contribution is 9.08. The van der Waals surface area contributed by atoms with Gasteiger partial charge in [-0.15, -0.1) is 0 Å². The van der Waals surface area contributed by atoms with Crippen LogP contribution in [0.2, 0.25) is 0 Å². The summed E-state index contributed by atoms with van der Waals surface area (Å²) in [7, 11) is 0. The summed E-state index contributed by atoms with van der Waals surface area (Å²) < 4.78 is 6.00. The lowest BCUT2D eigenvalue weighted by molar-refractivity contribution is 0.464. The molecule has 3 aromatic rings. The van der Waals surface area contributed by atoms with Crippen molar-refractivity contribution < 1.29 is 4.74 Å². The van der Waals surface area contributed by atoms with Crippen LogP contribution in [0.1, 0.15) is 11.1 Å². The number of rotatable bonds is 3. The number of hydrogen-bond donors (Lipinski definition) is 0. The Morgan fingerprint density at radius 2 is 1.90 bits per heavy atom. The molecule has 0 saturated carbocycles. The van der Waals surface area contributed by atoms with E-state index in [1.165, 1.54) is 5.39 Å². The molecule has 2 aromatic carbocycles. The summed E-state index contributed by atoms with van der Waals surface area (Å²) in [6.07, 6.45) is 1.84. The molecule has 0 spiro atoms. The van der Waals surface area contributed by atoms with E-state index in [0.29, 0.717) is 5.88 Å². The molecule has 0 N–H and O–H groups in total. The van der Waals surface area contributed by atoms with Gasteiger partial charge in [-0.1, -0.05) is 52.3 Å². The molecular weight excluding hydrogens is 314 g/mol. The standard InChI is InChI=1S/C17H14BrNO/c1-12-9-13(10-18)11-19-17(12)20-16-8-4-6-14-5-2-3-7-15(14)16/h2-9,11H,10H2,1H3. The molecule has 0 fully saturated rings. The molecule has 1 heterocycles. The smallest absolute Gasteiger partial charge is 0.222 e. The zero-order valence-corrected chi connectivity index (χ0v) is 12.7. The van der Waals surface area contributed by atoms with Crippen LogP contribution in [-0.4, -0.2) is 4.98 Å². The highest BCUT2D eigenvalue weighted by Crippen LogP contribution is 2.30. The van der Waals surface area contributed by atoms with Crippen molar-refractivity contribution in [3.05, 3.63) is 65.9 Å². The lowest BCUT2D eigenvalue weighted by Gasteiger charge is -2.10. The molecule has 0 unspecified atom stereocenters. The molecule has 0 amide bonds. The maximum atomic E-state index is 6.00. The van der Waals surface area contributed by atoms with Gasteiger partial charge in [-0.25, -0.2) is 4.98 Å². The second-order valence-electron chi connectivity index (χ2n) is 4.68. The predicted molar refractivity (Wildman–Crippen MR) is 85.6 cm³/mol. The number of aromatic nitrogens is 1. The van der Waals surface area contributed by atoms with Crippen LogP contribution < -0.4 is 4.74 Å². The van der Waals surface area contributed by atoms with Crippen molar-refractivity contribution in [1.29, 1.82) is 0 Å². The lowest BCUT2D eigenvalue weighted by Crippen LogP contribution is -1.93.